The zero-order valence-corrected chi connectivity index (χ0v) is 14.1. The fourth-order valence-electron chi connectivity index (χ4n) is 5.09. The fourth-order valence-corrected chi connectivity index (χ4v) is 5.09. The minimum absolute atomic E-state index is 0.275. The minimum Gasteiger partial charge on any atom is -0.329 e. The maximum absolute atomic E-state index is 6.38. The van der Waals surface area contributed by atoms with Gasteiger partial charge in [-0.15, -0.1) is 0 Å². The Morgan fingerprint density at radius 2 is 2.00 bits per heavy atom. The highest BCUT2D eigenvalue weighted by Crippen LogP contribution is 2.38. The monoisotopic (exact) mass is 294 g/mol. The summed E-state index contributed by atoms with van der Waals surface area (Å²) < 4.78 is 0. The molecule has 0 aromatic carbocycles. The first-order valence-electron chi connectivity index (χ1n) is 9.08. The maximum Gasteiger partial charge on any atom is 0.0362 e. The van der Waals surface area contributed by atoms with Crippen LogP contribution in [0.15, 0.2) is 0 Å². The molecule has 0 bridgehead atoms. The minimum atomic E-state index is 0.275. The number of nitrogens with two attached hydrogens (primary N) is 1. The van der Waals surface area contributed by atoms with Crippen molar-refractivity contribution in [3.8, 4) is 0 Å². The molecule has 3 saturated heterocycles. The van der Waals surface area contributed by atoms with Crippen LogP contribution in [-0.4, -0.2) is 78.6 Å². The molecule has 0 aromatic rings. The number of piperidine rings is 1. The lowest BCUT2D eigenvalue weighted by molar-refractivity contribution is -0.0161. The van der Waals surface area contributed by atoms with Crippen molar-refractivity contribution in [2.45, 2.75) is 63.1 Å². The highest BCUT2D eigenvalue weighted by atomic mass is 15.3. The quantitative estimate of drug-likeness (QED) is 0.852. The van der Waals surface area contributed by atoms with Gasteiger partial charge in [0.05, 0.1) is 0 Å². The van der Waals surface area contributed by atoms with E-state index < -0.39 is 0 Å². The van der Waals surface area contributed by atoms with Gasteiger partial charge in [0.25, 0.3) is 0 Å². The topological polar surface area (TPSA) is 35.7 Å². The van der Waals surface area contributed by atoms with E-state index in [1.54, 1.807) is 0 Å². The standard InChI is InChI=1S/C17H34N4/c1-3-15-13-19(2)8-5-10-21(15)17(14-18)7-11-20-9-4-6-16(20)12-17/h15-16H,3-14,18H2,1-2H3. The molecule has 3 atom stereocenters. The second kappa shape index (κ2) is 6.53. The fraction of sp³-hybridized carbons (Fsp3) is 1.00. The van der Waals surface area contributed by atoms with Crippen molar-refractivity contribution in [2.75, 3.05) is 46.3 Å². The number of hydrogen-bond donors (Lipinski definition) is 1. The average Bonchev–Trinajstić information content (AvgIpc) is 2.87. The second-order valence-electron chi connectivity index (χ2n) is 7.59. The number of hydrogen-bond acceptors (Lipinski definition) is 4. The summed E-state index contributed by atoms with van der Waals surface area (Å²) in [6, 6.07) is 1.50. The Morgan fingerprint density at radius 3 is 2.76 bits per heavy atom. The Morgan fingerprint density at radius 1 is 1.14 bits per heavy atom. The maximum atomic E-state index is 6.38. The van der Waals surface area contributed by atoms with Crippen molar-refractivity contribution in [1.82, 2.24) is 14.7 Å². The second-order valence-corrected chi connectivity index (χ2v) is 7.59. The highest BCUT2D eigenvalue weighted by Gasteiger charge is 2.46. The molecule has 0 aliphatic carbocycles. The van der Waals surface area contributed by atoms with Crippen LogP contribution in [0.2, 0.25) is 0 Å². The van der Waals surface area contributed by atoms with E-state index in [9.17, 15) is 0 Å². The molecule has 21 heavy (non-hydrogen) atoms. The molecule has 2 N–H and O–H groups in total. The van der Waals surface area contributed by atoms with E-state index in [0.29, 0.717) is 6.04 Å². The van der Waals surface area contributed by atoms with E-state index in [-0.39, 0.29) is 5.54 Å². The van der Waals surface area contributed by atoms with Crippen molar-refractivity contribution >= 4 is 0 Å². The van der Waals surface area contributed by atoms with Crippen LogP contribution in [0.1, 0.15) is 45.4 Å². The summed E-state index contributed by atoms with van der Waals surface area (Å²) in [5, 5.41) is 0. The first-order valence-corrected chi connectivity index (χ1v) is 9.08. The van der Waals surface area contributed by atoms with Gasteiger partial charge in [-0.2, -0.15) is 0 Å². The third-order valence-electron chi connectivity index (χ3n) is 6.34. The van der Waals surface area contributed by atoms with Crippen molar-refractivity contribution in [1.29, 1.82) is 0 Å². The summed E-state index contributed by atoms with van der Waals surface area (Å²) in [6.45, 7) is 9.49. The largest absolute Gasteiger partial charge is 0.329 e. The molecule has 3 rings (SSSR count). The van der Waals surface area contributed by atoms with Crippen LogP contribution < -0.4 is 5.73 Å². The Kier molecular flexibility index (Phi) is 4.89. The lowest BCUT2D eigenvalue weighted by atomic mass is 9.80. The molecule has 0 aromatic heterocycles. The van der Waals surface area contributed by atoms with E-state index in [4.69, 9.17) is 5.73 Å². The Labute approximate surface area is 130 Å². The van der Waals surface area contributed by atoms with Crippen LogP contribution in [-0.2, 0) is 0 Å². The SMILES string of the molecule is CCC1CN(C)CCCN1C1(CN)CCN2CCCC2C1. The number of rotatable bonds is 3. The summed E-state index contributed by atoms with van der Waals surface area (Å²) in [5.74, 6) is 0. The molecule has 3 unspecified atom stereocenters. The Bertz CT molecular complexity index is 348. The molecular weight excluding hydrogens is 260 g/mol. The summed E-state index contributed by atoms with van der Waals surface area (Å²) in [6.07, 6.45) is 7.92. The summed E-state index contributed by atoms with van der Waals surface area (Å²) >= 11 is 0. The Balaban J connectivity index is 1.79. The van der Waals surface area contributed by atoms with Crippen LogP contribution >= 0.6 is 0 Å². The van der Waals surface area contributed by atoms with E-state index in [0.717, 1.165) is 12.6 Å². The first-order chi connectivity index (χ1) is 10.2. The number of nitrogens with zero attached hydrogens (tertiary/aromatic N) is 3. The molecule has 3 aliphatic rings. The van der Waals surface area contributed by atoms with Crippen molar-refractivity contribution in [3.05, 3.63) is 0 Å². The van der Waals surface area contributed by atoms with Crippen LogP contribution in [0.25, 0.3) is 0 Å². The van der Waals surface area contributed by atoms with Gasteiger partial charge in [0.15, 0.2) is 0 Å². The molecule has 3 heterocycles. The van der Waals surface area contributed by atoms with Gasteiger partial charge in [-0.1, -0.05) is 6.92 Å². The lowest BCUT2D eigenvalue weighted by Gasteiger charge is -2.52. The van der Waals surface area contributed by atoms with Crippen LogP contribution in [0.3, 0.4) is 0 Å². The average molecular weight is 294 g/mol. The third kappa shape index (κ3) is 3.00. The normalized spacial score (nSPS) is 40.1. The van der Waals surface area contributed by atoms with Crippen molar-refractivity contribution in [2.24, 2.45) is 5.73 Å². The van der Waals surface area contributed by atoms with Gasteiger partial charge < -0.3 is 15.5 Å². The lowest BCUT2D eigenvalue weighted by Crippen LogP contribution is -2.64. The smallest absolute Gasteiger partial charge is 0.0362 e. The number of fused-ring (bicyclic) bond motifs is 1. The van der Waals surface area contributed by atoms with Gasteiger partial charge in [-0.25, -0.2) is 0 Å². The summed E-state index contributed by atoms with van der Waals surface area (Å²) in [4.78, 5) is 8.08. The predicted molar refractivity (Wildman–Crippen MR) is 88.5 cm³/mol. The zero-order valence-electron chi connectivity index (χ0n) is 14.1. The highest BCUT2D eigenvalue weighted by molar-refractivity contribution is 5.04. The van der Waals surface area contributed by atoms with Gasteiger partial charge >= 0.3 is 0 Å². The van der Waals surface area contributed by atoms with Gasteiger partial charge in [-0.3, -0.25) is 4.90 Å². The molecule has 122 valence electrons. The van der Waals surface area contributed by atoms with Crippen LogP contribution in [0.5, 0.6) is 0 Å². The van der Waals surface area contributed by atoms with Crippen molar-refractivity contribution < 1.29 is 0 Å². The van der Waals surface area contributed by atoms with Crippen LogP contribution in [0.4, 0.5) is 0 Å². The van der Waals surface area contributed by atoms with Crippen molar-refractivity contribution in [3.63, 3.8) is 0 Å². The van der Waals surface area contributed by atoms with E-state index in [1.165, 1.54) is 71.2 Å². The van der Waals surface area contributed by atoms with E-state index in [2.05, 4.69) is 28.7 Å². The Hall–Kier alpha value is -0.160. The molecule has 4 heteroatoms. The number of likely N-dealkylation sites (N-methyl/N-ethyl adjacent to an activating group) is 1. The molecular formula is C17H34N4. The zero-order chi connectivity index (χ0) is 14.9. The molecule has 3 aliphatic heterocycles. The third-order valence-corrected chi connectivity index (χ3v) is 6.34. The van der Waals surface area contributed by atoms with Gasteiger partial charge in [0.1, 0.15) is 0 Å². The molecule has 0 amide bonds. The molecule has 4 nitrogen and oxygen atoms in total. The van der Waals surface area contributed by atoms with E-state index >= 15 is 0 Å². The molecule has 3 fully saturated rings. The first kappa shape index (κ1) is 15.7. The molecule has 0 radical (unpaired) electrons. The van der Waals surface area contributed by atoms with E-state index in [1.807, 2.05) is 0 Å². The van der Waals surface area contributed by atoms with Gasteiger partial charge in [0.2, 0.25) is 0 Å². The summed E-state index contributed by atoms with van der Waals surface area (Å²) in [7, 11) is 2.28. The van der Waals surface area contributed by atoms with Gasteiger partial charge in [0, 0.05) is 43.8 Å². The van der Waals surface area contributed by atoms with Crippen LogP contribution in [0, 0.1) is 0 Å². The van der Waals surface area contributed by atoms with Gasteiger partial charge in [-0.05, 0) is 58.7 Å². The molecule has 0 saturated carbocycles. The summed E-state index contributed by atoms with van der Waals surface area (Å²) in [5.41, 5.74) is 6.66. The molecule has 0 spiro atoms. The predicted octanol–water partition coefficient (Wildman–Crippen LogP) is 1.36.